The van der Waals surface area contributed by atoms with Crippen molar-refractivity contribution in [3.8, 4) is 5.75 Å². The molecular formula is C19H29N3O2. The Kier molecular flexibility index (Phi) is 5.61. The first kappa shape index (κ1) is 17.1. The molecule has 2 saturated heterocycles. The molecule has 132 valence electrons. The lowest BCUT2D eigenvalue weighted by atomic mass is 10.1. The van der Waals surface area contributed by atoms with Gasteiger partial charge in [-0.25, -0.2) is 4.79 Å². The second-order valence-corrected chi connectivity index (χ2v) is 7.10. The van der Waals surface area contributed by atoms with Crippen molar-refractivity contribution in [1.82, 2.24) is 9.80 Å². The van der Waals surface area contributed by atoms with Crippen LogP contribution in [0.5, 0.6) is 5.75 Å². The number of anilines is 1. The van der Waals surface area contributed by atoms with E-state index in [0.717, 1.165) is 37.3 Å². The minimum Gasteiger partial charge on any atom is -0.495 e. The van der Waals surface area contributed by atoms with E-state index in [-0.39, 0.29) is 6.03 Å². The maximum Gasteiger partial charge on any atom is 0.321 e. The number of piperidine rings is 1. The van der Waals surface area contributed by atoms with Crippen molar-refractivity contribution < 1.29 is 9.53 Å². The van der Waals surface area contributed by atoms with Gasteiger partial charge >= 0.3 is 6.03 Å². The third-order valence-corrected chi connectivity index (χ3v) is 5.13. The quantitative estimate of drug-likeness (QED) is 0.920. The summed E-state index contributed by atoms with van der Waals surface area (Å²) in [6.45, 7) is 7.30. The van der Waals surface area contributed by atoms with Crippen molar-refractivity contribution in [2.75, 3.05) is 45.2 Å². The molecule has 1 N–H and O–H groups in total. The van der Waals surface area contributed by atoms with Gasteiger partial charge in [0.05, 0.1) is 12.8 Å². The van der Waals surface area contributed by atoms with Gasteiger partial charge in [-0.05, 0) is 62.9 Å². The van der Waals surface area contributed by atoms with Crippen LogP contribution in [0.1, 0.15) is 31.2 Å². The van der Waals surface area contributed by atoms with Crippen LogP contribution in [0, 0.1) is 12.8 Å². The van der Waals surface area contributed by atoms with Crippen LogP contribution >= 0.6 is 0 Å². The molecule has 2 aliphatic rings. The molecule has 3 rings (SSSR count). The molecule has 24 heavy (non-hydrogen) atoms. The monoisotopic (exact) mass is 331 g/mol. The van der Waals surface area contributed by atoms with Crippen molar-refractivity contribution in [2.45, 2.75) is 32.6 Å². The number of ether oxygens (including phenoxy) is 1. The number of hydrogen-bond acceptors (Lipinski definition) is 3. The minimum absolute atomic E-state index is 0.0138. The van der Waals surface area contributed by atoms with Gasteiger partial charge in [0, 0.05) is 19.6 Å². The van der Waals surface area contributed by atoms with Crippen molar-refractivity contribution in [1.29, 1.82) is 0 Å². The van der Waals surface area contributed by atoms with E-state index in [4.69, 9.17) is 4.74 Å². The Hall–Kier alpha value is -1.75. The molecule has 2 heterocycles. The number of nitrogens with one attached hydrogen (secondary N) is 1. The van der Waals surface area contributed by atoms with Crippen molar-refractivity contribution in [2.24, 2.45) is 5.92 Å². The summed E-state index contributed by atoms with van der Waals surface area (Å²) in [5, 5.41) is 3.02. The topological polar surface area (TPSA) is 44.8 Å². The summed E-state index contributed by atoms with van der Waals surface area (Å²) in [5.41, 5.74) is 1.86. The predicted molar refractivity (Wildman–Crippen MR) is 96.7 cm³/mol. The Balaban J connectivity index is 1.53. The molecule has 1 atom stereocenters. The van der Waals surface area contributed by atoms with E-state index in [2.05, 4.69) is 10.2 Å². The molecule has 0 radical (unpaired) electrons. The fraction of sp³-hybridized carbons (Fsp3) is 0.632. The van der Waals surface area contributed by atoms with Crippen LogP contribution < -0.4 is 10.1 Å². The van der Waals surface area contributed by atoms with Gasteiger partial charge in [-0.2, -0.15) is 0 Å². The Morgan fingerprint density at radius 1 is 1.25 bits per heavy atom. The number of carbonyl (C=O) groups is 1. The first-order valence-electron chi connectivity index (χ1n) is 9.08. The van der Waals surface area contributed by atoms with Gasteiger partial charge in [0.2, 0.25) is 0 Å². The molecule has 0 aliphatic carbocycles. The average Bonchev–Trinajstić information content (AvgIpc) is 3.05. The summed E-state index contributed by atoms with van der Waals surface area (Å²) < 4.78 is 5.35. The molecule has 1 aromatic carbocycles. The lowest BCUT2D eigenvalue weighted by Crippen LogP contribution is -2.37. The van der Waals surface area contributed by atoms with Crippen LogP contribution in [0.25, 0.3) is 0 Å². The van der Waals surface area contributed by atoms with Crippen LogP contribution in [-0.4, -0.2) is 55.7 Å². The SMILES string of the molecule is COc1ccc(C)cc1NC(=O)N1CCC(CN2CCCCC2)C1. The maximum atomic E-state index is 12.6. The van der Waals surface area contributed by atoms with Crippen LogP contribution in [-0.2, 0) is 0 Å². The highest BCUT2D eigenvalue weighted by atomic mass is 16.5. The highest BCUT2D eigenvalue weighted by molar-refractivity contribution is 5.91. The normalized spacial score (nSPS) is 21.8. The predicted octanol–water partition coefficient (Wildman–Crippen LogP) is 3.34. The molecule has 2 fully saturated rings. The average molecular weight is 331 g/mol. The second kappa shape index (κ2) is 7.88. The molecule has 0 aromatic heterocycles. The summed E-state index contributed by atoms with van der Waals surface area (Å²) in [7, 11) is 1.63. The molecular weight excluding hydrogens is 302 g/mol. The van der Waals surface area contributed by atoms with Crippen molar-refractivity contribution in [3.63, 3.8) is 0 Å². The number of aryl methyl sites for hydroxylation is 1. The second-order valence-electron chi connectivity index (χ2n) is 7.10. The number of rotatable bonds is 4. The van der Waals surface area contributed by atoms with Crippen LogP contribution in [0.2, 0.25) is 0 Å². The highest BCUT2D eigenvalue weighted by Gasteiger charge is 2.28. The summed E-state index contributed by atoms with van der Waals surface area (Å²) in [6.07, 6.45) is 5.12. The Bertz CT molecular complexity index is 570. The van der Waals surface area contributed by atoms with Crippen molar-refractivity contribution in [3.05, 3.63) is 23.8 Å². The lowest BCUT2D eigenvalue weighted by Gasteiger charge is -2.29. The van der Waals surface area contributed by atoms with Crippen LogP contribution in [0.15, 0.2) is 18.2 Å². The fourth-order valence-corrected chi connectivity index (χ4v) is 3.79. The van der Waals surface area contributed by atoms with Gasteiger partial charge in [0.25, 0.3) is 0 Å². The molecule has 1 aromatic rings. The lowest BCUT2D eigenvalue weighted by molar-refractivity contribution is 0.192. The Labute approximate surface area is 145 Å². The molecule has 5 heteroatoms. The number of carbonyl (C=O) groups excluding carboxylic acids is 1. The van der Waals surface area contributed by atoms with Gasteiger partial charge in [-0.15, -0.1) is 0 Å². The molecule has 5 nitrogen and oxygen atoms in total. The first-order chi connectivity index (χ1) is 11.7. The van der Waals surface area contributed by atoms with E-state index in [1.165, 1.54) is 32.4 Å². The van der Waals surface area contributed by atoms with E-state index in [0.29, 0.717) is 11.7 Å². The van der Waals surface area contributed by atoms with E-state index in [1.54, 1.807) is 7.11 Å². The standard InChI is InChI=1S/C19H29N3O2/c1-15-6-7-18(24-2)17(12-15)20-19(23)22-11-8-16(14-22)13-21-9-4-3-5-10-21/h6-7,12,16H,3-5,8-11,13-14H2,1-2H3,(H,20,23). The van der Waals surface area contributed by atoms with E-state index >= 15 is 0 Å². The molecule has 2 amide bonds. The zero-order valence-corrected chi connectivity index (χ0v) is 14.9. The maximum absolute atomic E-state index is 12.6. The number of urea groups is 1. The molecule has 0 spiro atoms. The largest absolute Gasteiger partial charge is 0.495 e. The number of methoxy groups -OCH3 is 1. The summed E-state index contributed by atoms with van der Waals surface area (Å²) in [5.74, 6) is 1.31. The summed E-state index contributed by atoms with van der Waals surface area (Å²) in [4.78, 5) is 17.1. The highest BCUT2D eigenvalue weighted by Crippen LogP contribution is 2.27. The van der Waals surface area contributed by atoms with Crippen LogP contribution in [0.4, 0.5) is 10.5 Å². The minimum atomic E-state index is -0.0138. The third-order valence-electron chi connectivity index (χ3n) is 5.13. The first-order valence-corrected chi connectivity index (χ1v) is 9.08. The number of nitrogens with zero attached hydrogens (tertiary/aromatic N) is 2. The summed E-state index contributed by atoms with van der Waals surface area (Å²) >= 11 is 0. The zero-order chi connectivity index (χ0) is 16.9. The molecule has 0 bridgehead atoms. The Morgan fingerprint density at radius 3 is 2.79 bits per heavy atom. The van der Waals surface area contributed by atoms with Crippen LogP contribution in [0.3, 0.4) is 0 Å². The van der Waals surface area contributed by atoms with Gasteiger partial charge in [0.1, 0.15) is 5.75 Å². The molecule has 0 saturated carbocycles. The number of likely N-dealkylation sites (tertiary alicyclic amines) is 2. The van der Waals surface area contributed by atoms with E-state index < -0.39 is 0 Å². The fourth-order valence-electron chi connectivity index (χ4n) is 3.79. The van der Waals surface area contributed by atoms with Gasteiger partial charge in [-0.3, -0.25) is 0 Å². The third kappa shape index (κ3) is 4.20. The molecule has 2 aliphatic heterocycles. The number of benzene rings is 1. The number of hydrogen-bond donors (Lipinski definition) is 1. The van der Waals surface area contributed by atoms with Gasteiger partial charge in [-0.1, -0.05) is 12.5 Å². The molecule has 1 unspecified atom stereocenters. The smallest absolute Gasteiger partial charge is 0.321 e. The van der Waals surface area contributed by atoms with E-state index in [9.17, 15) is 4.79 Å². The Morgan fingerprint density at radius 2 is 2.04 bits per heavy atom. The zero-order valence-electron chi connectivity index (χ0n) is 14.9. The van der Waals surface area contributed by atoms with Gasteiger partial charge in [0.15, 0.2) is 0 Å². The number of amides is 2. The van der Waals surface area contributed by atoms with Crippen molar-refractivity contribution >= 4 is 11.7 Å². The van der Waals surface area contributed by atoms with E-state index in [1.807, 2.05) is 30.0 Å². The summed E-state index contributed by atoms with van der Waals surface area (Å²) in [6, 6.07) is 5.82. The van der Waals surface area contributed by atoms with Gasteiger partial charge < -0.3 is 19.9 Å².